The fourth-order valence-corrected chi connectivity index (χ4v) is 2.80. The second kappa shape index (κ2) is 4.40. The molecule has 0 aromatic carbocycles. The Labute approximate surface area is 92.3 Å². The molecule has 3 unspecified atom stereocenters. The summed E-state index contributed by atoms with van der Waals surface area (Å²) in [5.74, 6) is 1.17. The van der Waals surface area contributed by atoms with Crippen molar-refractivity contribution in [1.82, 2.24) is 0 Å². The fraction of sp³-hybridized carbons (Fsp3) is 1.00. The summed E-state index contributed by atoms with van der Waals surface area (Å²) in [6, 6.07) is 0.311. The van der Waals surface area contributed by atoms with Crippen LogP contribution in [-0.4, -0.2) is 31.5 Å². The molecule has 2 aliphatic rings. The van der Waals surface area contributed by atoms with Crippen LogP contribution >= 0.6 is 0 Å². The Hall–Kier alpha value is -0.120. The zero-order chi connectivity index (χ0) is 10.9. The van der Waals surface area contributed by atoms with E-state index in [1.54, 1.807) is 0 Å². The van der Waals surface area contributed by atoms with Crippen molar-refractivity contribution >= 4 is 0 Å². The van der Waals surface area contributed by atoms with Crippen LogP contribution in [0.5, 0.6) is 0 Å². The van der Waals surface area contributed by atoms with Crippen molar-refractivity contribution in [2.75, 3.05) is 19.8 Å². The first-order valence-electron chi connectivity index (χ1n) is 6.10. The van der Waals surface area contributed by atoms with Crippen LogP contribution in [0.2, 0.25) is 0 Å². The van der Waals surface area contributed by atoms with E-state index in [9.17, 15) is 0 Å². The van der Waals surface area contributed by atoms with E-state index >= 15 is 0 Å². The minimum absolute atomic E-state index is 0.00935. The summed E-state index contributed by atoms with van der Waals surface area (Å²) in [6.45, 7) is 6.89. The number of hydrogen-bond donors (Lipinski definition) is 1. The smallest absolute Gasteiger partial charge is 0.0939 e. The van der Waals surface area contributed by atoms with Crippen LogP contribution in [0.1, 0.15) is 33.1 Å². The third kappa shape index (κ3) is 2.35. The Morgan fingerprint density at radius 2 is 2.13 bits per heavy atom. The van der Waals surface area contributed by atoms with Crippen molar-refractivity contribution in [1.29, 1.82) is 0 Å². The number of ether oxygens (including phenoxy) is 2. The number of rotatable bonds is 2. The molecule has 88 valence electrons. The summed E-state index contributed by atoms with van der Waals surface area (Å²) >= 11 is 0. The Balaban J connectivity index is 1.97. The largest absolute Gasteiger partial charge is 0.378 e. The van der Waals surface area contributed by atoms with Crippen molar-refractivity contribution in [3.8, 4) is 0 Å². The van der Waals surface area contributed by atoms with Gasteiger partial charge in [-0.05, 0) is 24.7 Å². The molecule has 2 aliphatic heterocycles. The molecule has 2 N–H and O–H groups in total. The zero-order valence-electron chi connectivity index (χ0n) is 9.87. The van der Waals surface area contributed by atoms with Gasteiger partial charge in [-0.25, -0.2) is 0 Å². The summed E-state index contributed by atoms with van der Waals surface area (Å²) in [5.41, 5.74) is 6.26. The molecule has 0 bridgehead atoms. The molecule has 3 atom stereocenters. The molecule has 2 saturated heterocycles. The molecule has 0 aromatic rings. The fourth-order valence-electron chi connectivity index (χ4n) is 2.80. The van der Waals surface area contributed by atoms with E-state index < -0.39 is 0 Å². The van der Waals surface area contributed by atoms with Gasteiger partial charge in [-0.15, -0.1) is 0 Å². The van der Waals surface area contributed by atoms with Crippen LogP contribution < -0.4 is 5.73 Å². The standard InChI is InChI=1S/C12H23NO2/c1-9(2)11(13)10-3-5-15-12(7-10)4-6-14-8-12/h9-11H,3-8,13H2,1-2H3. The van der Waals surface area contributed by atoms with Gasteiger partial charge < -0.3 is 15.2 Å². The van der Waals surface area contributed by atoms with Crippen LogP contribution in [0, 0.1) is 11.8 Å². The lowest BCUT2D eigenvalue weighted by Crippen LogP contribution is -2.47. The van der Waals surface area contributed by atoms with Gasteiger partial charge >= 0.3 is 0 Å². The molecule has 2 rings (SSSR count). The number of hydrogen-bond acceptors (Lipinski definition) is 3. The normalized spacial score (nSPS) is 38.8. The molecule has 0 saturated carbocycles. The second-order valence-corrected chi connectivity index (χ2v) is 5.41. The summed E-state index contributed by atoms with van der Waals surface area (Å²) < 4.78 is 11.4. The van der Waals surface area contributed by atoms with Gasteiger partial charge in [0.1, 0.15) is 0 Å². The first-order valence-corrected chi connectivity index (χ1v) is 6.10. The van der Waals surface area contributed by atoms with Crippen LogP contribution in [0.25, 0.3) is 0 Å². The van der Waals surface area contributed by atoms with Crippen LogP contribution in [0.3, 0.4) is 0 Å². The van der Waals surface area contributed by atoms with Crippen molar-refractivity contribution in [3.63, 3.8) is 0 Å². The van der Waals surface area contributed by atoms with Gasteiger partial charge in [0.25, 0.3) is 0 Å². The van der Waals surface area contributed by atoms with Gasteiger partial charge in [0.15, 0.2) is 0 Å². The maximum absolute atomic E-state index is 6.25. The Kier molecular flexibility index (Phi) is 3.33. The molecule has 0 radical (unpaired) electrons. The first-order chi connectivity index (χ1) is 7.13. The van der Waals surface area contributed by atoms with E-state index in [0.717, 1.165) is 39.1 Å². The van der Waals surface area contributed by atoms with Gasteiger partial charge in [0, 0.05) is 25.7 Å². The minimum atomic E-state index is 0.00935. The average Bonchev–Trinajstić information content (AvgIpc) is 2.65. The van der Waals surface area contributed by atoms with E-state index in [2.05, 4.69) is 13.8 Å². The van der Waals surface area contributed by atoms with Crippen LogP contribution in [0.4, 0.5) is 0 Å². The third-order valence-corrected chi connectivity index (χ3v) is 3.91. The molecule has 2 heterocycles. The molecule has 0 aromatic heterocycles. The maximum atomic E-state index is 6.25. The lowest BCUT2D eigenvalue weighted by Gasteiger charge is -2.40. The van der Waals surface area contributed by atoms with Gasteiger partial charge in [-0.2, -0.15) is 0 Å². The predicted octanol–water partition coefficient (Wildman–Crippen LogP) is 1.56. The average molecular weight is 213 g/mol. The second-order valence-electron chi connectivity index (χ2n) is 5.41. The van der Waals surface area contributed by atoms with Crippen LogP contribution in [0.15, 0.2) is 0 Å². The molecule has 3 nitrogen and oxygen atoms in total. The molecule has 0 aliphatic carbocycles. The van der Waals surface area contributed by atoms with E-state index in [1.807, 2.05) is 0 Å². The Bertz CT molecular complexity index is 212. The predicted molar refractivity (Wildman–Crippen MR) is 59.7 cm³/mol. The SMILES string of the molecule is CC(C)C(N)C1CCOC2(CCOC2)C1. The van der Waals surface area contributed by atoms with E-state index in [1.165, 1.54) is 0 Å². The van der Waals surface area contributed by atoms with Crippen molar-refractivity contribution < 1.29 is 9.47 Å². The summed E-state index contributed by atoms with van der Waals surface area (Å²) in [6.07, 6.45) is 3.25. The lowest BCUT2D eigenvalue weighted by atomic mass is 9.78. The Morgan fingerprint density at radius 3 is 2.73 bits per heavy atom. The van der Waals surface area contributed by atoms with Crippen molar-refractivity contribution in [2.24, 2.45) is 17.6 Å². The molecule has 0 amide bonds. The van der Waals surface area contributed by atoms with Gasteiger partial charge in [0.05, 0.1) is 12.2 Å². The van der Waals surface area contributed by atoms with E-state index in [4.69, 9.17) is 15.2 Å². The molecular weight excluding hydrogens is 190 g/mol. The Morgan fingerprint density at radius 1 is 1.33 bits per heavy atom. The summed E-state index contributed by atoms with van der Waals surface area (Å²) in [7, 11) is 0. The summed E-state index contributed by atoms with van der Waals surface area (Å²) in [4.78, 5) is 0. The van der Waals surface area contributed by atoms with Gasteiger partial charge in [0.2, 0.25) is 0 Å². The van der Waals surface area contributed by atoms with Gasteiger partial charge in [-0.3, -0.25) is 0 Å². The highest BCUT2D eigenvalue weighted by atomic mass is 16.6. The van der Waals surface area contributed by atoms with Crippen LogP contribution in [-0.2, 0) is 9.47 Å². The van der Waals surface area contributed by atoms with Gasteiger partial charge in [-0.1, -0.05) is 13.8 Å². The van der Waals surface area contributed by atoms with Crippen molar-refractivity contribution in [3.05, 3.63) is 0 Å². The third-order valence-electron chi connectivity index (χ3n) is 3.91. The molecule has 1 spiro atoms. The molecular formula is C12H23NO2. The first kappa shape index (κ1) is 11.4. The highest BCUT2D eigenvalue weighted by Crippen LogP contribution is 2.37. The summed E-state index contributed by atoms with van der Waals surface area (Å²) in [5, 5.41) is 0. The lowest BCUT2D eigenvalue weighted by molar-refractivity contribution is -0.103. The monoisotopic (exact) mass is 213 g/mol. The quantitative estimate of drug-likeness (QED) is 0.757. The molecule has 15 heavy (non-hydrogen) atoms. The van der Waals surface area contributed by atoms with Crippen molar-refractivity contribution in [2.45, 2.75) is 44.8 Å². The number of nitrogens with two attached hydrogens (primary N) is 1. The zero-order valence-corrected chi connectivity index (χ0v) is 9.87. The molecule has 3 heteroatoms. The highest BCUT2D eigenvalue weighted by Gasteiger charge is 2.42. The maximum Gasteiger partial charge on any atom is 0.0939 e. The topological polar surface area (TPSA) is 44.5 Å². The van der Waals surface area contributed by atoms with E-state index in [0.29, 0.717) is 17.9 Å². The minimum Gasteiger partial charge on any atom is -0.378 e. The van der Waals surface area contributed by atoms with E-state index in [-0.39, 0.29) is 5.60 Å². The molecule has 2 fully saturated rings. The highest BCUT2D eigenvalue weighted by molar-refractivity contribution is 4.93.